The van der Waals surface area contributed by atoms with Crippen LogP contribution in [0.2, 0.25) is 0 Å². The van der Waals surface area contributed by atoms with Crippen molar-refractivity contribution in [3.8, 4) is 16.9 Å². The Morgan fingerprint density at radius 2 is 1.58 bits per heavy atom. The molecule has 0 saturated carbocycles. The molecule has 2 nitrogen and oxygen atoms in total. The van der Waals surface area contributed by atoms with Crippen LogP contribution in [0.5, 0.6) is 5.75 Å². The van der Waals surface area contributed by atoms with Gasteiger partial charge in [0, 0.05) is 27.7 Å². The van der Waals surface area contributed by atoms with E-state index in [1.54, 1.807) is 0 Å². The molecule has 2 atom stereocenters. The normalized spacial score (nSPS) is 21.0. The van der Waals surface area contributed by atoms with Crippen LogP contribution in [0.15, 0.2) is 91.0 Å². The minimum absolute atomic E-state index is 0.00910. The van der Waals surface area contributed by atoms with Crippen molar-refractivity contribution in [1.29, 1.82) is 0 Å². The van der Waals surface area contributed by atoms with E-state index in [0.717, 1.165) is 17.0 Å². The summed E-state index contributed by atoms with van der Waals surface area (Å²) in [5.74, 6) is 0.995. The Bertz CT molecular complexity index is 1540. The number of aromatic amines is 1. The number of aromatic nitrogens is 1. The van der Waals surface area contributed by atoms with Gasteiger partial charge in [0.2, 0.25) is 0 Å². The monoisotopic (exact) mass is 399 g/mol. The SMILES string of the molecule is CC12C=Cc3[nH]c4cc(-c5ccc6ccccc6c5)ccc4c3C1Oc1ccccc12. The van der Waals surface area contributed by atoms with Gasteiger partial charge in [-0.15, -0.1) is 0 Å². The lowest BCUT2D eigenvalue weighted by Gasteiger charge is -2.30. The highest BCUT2D eigenvalue weighted by Crippen LogP contribution is 2.55. The van der Waals surface area contributed by atoms with E-state index in [0.29, 0.717) is 0 Å². The molecule has 2 unspecified atom stereocenters. The van der Waals surface area contributed by atoms with E-state index in [-0.39, 0.29) is 11.5 Å². The maximum Gasteiger partial charge on any atom is 0.139 e. The number of para-hydroxylation sites is 1. The smallest absolute Gasteiger partial charge is 0.139 e. The van der Waals surface area contributed by atoms with E-state index in [2.05, 4.69) is 109 Å². The van der Waals surface area contributed by atoms with Gasteiger partial charge >= 0.3 is 0 Å². The first-order chi connectivity index (χ1) is 15.2. The van der Waals surface area contributed by atoms with E-state index in [1.807, 2.05) is 0 Å². The molecule has 148 valence electrons. The van der Waals surface area contributed by atoms with Gasteiger partial charge in [0.1, 0.15) is 11.9 Å². The van der Waals surface area contributed by atoms with Gasteiger partial charge in [-0.2, -0.15) is 0 Å². The number of benzene rings is 4. The highest BCUT2D eigenvalue weighted by Gasteiger charge is 2.47. The zero-order valence-corrected chi connectivity index (χ0v) is 17.2. The molecule has 1 aliphatic heterocycles. The van der Waals surface area contributed by atoms with Gasteiger partial charge in [-0.3, -0.25) is 0 Å². The molecule has 0 amide bonds. The predicted octanol–water partition coefficient (Wildman–Crippen LogP) is 7.41. The Balaban J connectivity index is 1.37. The maximum atomic E-state index is 6.50. The standard InChI is InChI=1S/C29H21NO/c1-29-15-14-24-27(28(29)31-26-9-5-4-8-23(26)29)22-13-12-21(17-25(22)30-24)20-11-10-18-6-2-3-7-19(18)16-20/h2-17,28,30H,1H3. The van der Waals surface area contributed by atoms with Crippen molar-refractivity contribution in [2.24, 2.45) is 0 Å². The number of H-pyrrole nitrogens is 1. The average molecular weight is 399 g/mol. The van der Waals surface area contributed by atoms with Crippen LogP contribution in [0.25, 0.3) is 38.9 Å². The molecule has 7 rings (SSSR count). The molecule has 31 heavy (non-hydrogen) atoms. The minimum Gasteiger partial charge on any atom is -0.484 e. The van der Waals surface area contributed by atoms with Crippen molar-refractivity contribution in [2.45, 2.75) is 18.4 Å². The molecule has 0 saturated heterocycles. The Labute approximate surface area is 180 Å². The lowest BCUT2D eigenvalue weighted by atomic mass is 9.73. The van der Waals surface area contributed by atoms with Gasteiger partial charge in [0.05, 0.1) is 5.41 Å². The van der Waals surface area contributed by atoms with E-state index >= 15 is 0 Å². The number of fused-ring (bicyclic) bond motifs is 8. The summed E-state index contributed by atoms with van der Waals surface area (Å²) in [5, 5.41) is 3.78. The van der Waals surface area contributed by atoms with Crippen LogP contribution in [0.3, 0.4) is 0 Å². The molecule has 4 aromatic carbocycles. The van der Waals surface area contributed by atoms with E-state index in [1.165, 1.54) is 38.4 Å². The third-order valence-corrected chi connectivity index (χ3v) is 7.07. The van der Waals surface area contributed by atoms with E-state index in [9.17, 15) is 0 Å². The third kappa shape index (κ3) is 2.28. The molecule has 0 radical (unpaired) electrons. The first-order valence-corrected chi connectivity index (χ1v) is 10.8. The molecular formula is C29H21NO. The molecule has 2 aliphatic rings. The molecular weight excluding hydrogens is 378 g/mol. The molecule has 1 aliphatic carbocycles. The summed E-state index contributed by atoms with van der Waals surface area (Å²) in [5.41, 5.74) is 7.16. The first kappa shape index (κ1) is 17.0. The largest absolute Gasteiger partial charge is 0.484 e. The summed E-state index contributed by atoms with van der Waals surface area (Å²) in [6.45, 7) is 2.28. The van der Waals surface area contributed by atoms with Crippen LogP contribution in [0.4, 0.5) is 0 Å². The number of hydrogen-bond acceptors (Lipinski definition) is 1. The second-order valence-corrected chi connectivity index (χ2v) is 8.88. The summed E-state index contributed by atoms with van der Waals surface area (Å²) in [4.78, 5) is 3.65. The molecule has 2 heteroatoms. The second-order valence-electron chi connectivity index (χ2n) is 8.88. The van der Waals surface area contributed by atoms with Crippen LogP contribution in [-0.2, 0) is 5.41 Å². The van der Waals surface area contributed by atoms with Crippen LogP contribution in [-0.4, -0.2) is 4.98 Å². The predicted molar refractivity (Wildman–Crippen MR) is 127 cm³/mol. The lowest BCUT2D eigenvalue weighted by molar-refractivity contribution is 0.183. The Hall–Kier alpha value is -3.78. The summed E-state index contributed by atoms with van der Waals surface area (Å²) in [6.07, 6.45) is 4.52. The summed E-state index contributed by atoms with van der Waals surface area (Å²) in [6, 6.07) is 30.4. The molecule has 0 bridgehead atoms. The zero-order valence-electron chi connectivity index (χ0n) is 17.2. The van der Waals surface area contributed by atoms with Gasteiger partial charge in [0.15, 0.2) is 0 Å². The van der Waals surface area contributed by atoms with Gasteiger partial charge in [0.25, 0.3) is 0 Å². The fraction of sp³-hybridized carbons (Fsp3) is 0.103. The van der Waals surface area contributed by atoms with E-state index < -0.39 is 0 Å². The average Bonchev–Trinajstić information content (AvgIpc) is 3.33. The van der Waals surface area contributed by atoms with Crippen LogP contribution in [0.1, 0.15) is 29.8 Å². The number of ether oxygens (including phenoxy) is 1. The van der Waals surface area contributed by atoms with Crippen molar-refractivity contribution in [3.63, 3.8) is 0 Å². The Kier molecular flexibility index (Phi) is 3.22. The van der Waals surface area contributed by atoms with Crippen molar-refractivity contribution in [3.05, 3.63) is 108 Å². The summed E-state index contributed by atoms with van der Waals surface area (Å²) < 4.78 is 6.50. The highest BCUT2D eigenvalue weighted by molar-refractivity contribution is 5.94. The van der Waals surface area contributed by atoms with Gasteiger partial charge in [-0.05, 0) is 53.1 Å². The van der Waals surface area contributed by atoms with Crippen LogP contribution < -0.4 is 4.74 Å². The number of hydrogen-bond donors (Lipinski definition) is 1. The fourth-order valence-electron chi connectivity index (χ4n) is 5.40. The quantitative estimate of drug-likeness (QED) is 0.312. The van der Waals surface area contributed by atoms with Crippen molar-refractivity contribution < 1.29 is 4.74 Å². The maximum absolute atomic E-state index is 6.50. The molecule has 5 aromatic rings. The zero-order chi connectivity index (χ0) is 20.6. The van der Waals surface area contributed by atoms with Crippen LogP contribution >= 0.6 is 0 Å². The molecule has 1 aromatic heterocycles. The van der Waals surface area contributed by atoms with E-state index in [4.69, 9.17) is 4.74 Å². The highest BCUT2D eigenvalue weighted by atomic mass is 16.5. The van der Waals surface area contributed by atoms with Crippen molar-refractivity contribution >= 4 is 27.8 Å². The number of rotatable bonds is 1. The van der Waals surface area contributed by atoms with Gasteiger partial charge < -0.3 is 9.72 Å². The molecule has 0 spiro atoms. The summed E-state index contributed by atoms with van der Waals surface area (Å²) >= 11 is 0. The minimum atomic E-state index is -0.143. The molecule has 2 heterocycles. The lowest BCUT2D eigenvalue weighted by Crippen LogP contribution is -2.28. The Morgan fingerprint density at radius 1 is 0.806 bits per heavy atom. The Morgan fingerprint density at radius 3 is 2.52 bits per heavy atom. The molecule has 1 N–H and O–H groups in total. The third-order valence-electron chi connectivity index (χ3n) is 7.07. The van der Waals surface area contributed by atoms with Crippen LogP contribution in [0, 0.1) is 0 Å². The van der Waals surface area contributed by atoms with Crippen molar-refractivity contribution in [2.75, 3.05) is 0 Å². The summed E-state index contributed by atoms with van der Waals surface area (Å²) in [7, 11) is 0. The van der Waals surface area contributed by atoms with Crippen molar-refractivity contribution in [1.82, 2.24) is 4.98 Å². The van der Waals surface area contributed by atoms with Gasteiger partial charge in [-0.1, -0.05) is 72.8 Å². The number of nitrogens with one attached hydrogen (secondary N) is 1. The van der Waals surface area contributed by atoms with Gasteiger partial charge in [-0.25, -0.2) is 0 Å². The fourth-order valence-corrected chi connectivity index (χ4v) is 5.40. The second kappa shape index (κ2) is 5.89. The molecule has 0 fully saturated rings. The topological polar surface area (TPSA) is 25.0 Å². The first-order valence-electron chi connectivity index (χ1n) is 10.8.